The van der Waals surface area contributed by atoms with E-state index in [4.69, 9.17) is 9.47 Å². The third-order valence-electron chi connectivity index (χ3n) is 17.8. The van der Waals surface area contributed by atoms with Crippen LogP contribution in [0.2, 0.25) is 0 Å². The molecule has 0 aromatic heterocycles. The van der Waals surface area contributed by atoms with Gasteiger partial charge in [0.1, 0.15) is 23.0 Å². The van der Waals surface area contributed by atoms with E-state index in [2.05, 4.69) is 260 Å². The maximum absolute atomic E-state index is 6.82. The van der Waals surface area contributed by atoms with E-state index in [0.717, 1.165) is 50.8 Å². The van der Waals surface area contributed by atoms with Gasteiger partial charge in [0.2, 0.25) is 0 Å². The van der Waals surface area contributed by atoms with E-state index < -0.39 is 5.41 Å². The van der Waals surface area contributed by atoms with E-state index in [-0.39, 0.29) is 10.8 Å². The normalized spacial score (nSPS) is 17.0. The molecular formula is C74H54O2. The van der Waals surface area contributed by atoms with Crippen molar-refractivity contribution in [3.63, 3.8) is 0 Å². The van der Waals surface area contributed by atoms with Crippen LogP contribution in [0.1, 0.15) is 84.7 Å². The van der Waals surface area contributed by atoms with Crippen LogP contribution in [0.3, 0.4) is 0 Å². The van der Waals surface area contributed by atoms with Crippen molar-refractivity contribution in [2.75, 3.05) is 0 Å². The lowest BCUT2D eigenvalue weighted by atomic mass is 9.70. The SMILES string of the molecule is C=C/C=C(\C1=C(C)C2(c3ccccc31)c1ccccc1-c1c2ccc2ccccc12)c1c2cccc(-c3cccc4c3C(C)(C)c3ccccc3O4)c2cc2c(-c3cccc4c3C(C)(C)c3ccccc3O4)cccc12. The van der Waals surface area contributed by atoms with Gasteiger partial charge in [-0.25, -0.2) is 0 Å². The van der Waals surface area contributed by atoms with Crippen molar-refractivity contribution in [3.8, 4) is 56.4 Å². The molecule has 4 aliphatic rings. The standard InChI is InChI=1S/C74H54O2/c1-7-22-55(67-44(2)74(58-33-12-10-25-53(58)67)59-34-13-11-26-54(59)69-46-24-9-8-23-45(46)41-42-62(69)74)68-49-29-18-27-47(51-31-20-39-65-70(51)72(3,4)60-35-14-16-37-63(60)75-65)56(49)43-57-48(28-19-30-50(57)68)52-32-21-40-66-71(52)73(5,6)61-36-15-17-38-64(61)76-66/h7-43H,1H2,2-6H3/b55-22+. The average molecular weight is 975 g/mol. The minimum Gasteiger partial charge on any atom is -0.457 e. The van der Waals surface area contributed by atoms with Crippen LogP contribution in [0, 0.1) is 0 Å². The molecule has 1 unspecified atom stereocenters. The number of rotatable bonds is 5. The molecule has 362 valence electrons. The number of hydrogen-bond donors (Lipinski definition) is 0. The highest BCUT2D eigenvalue weighted by Crippen LogP contribution is 2.65. The molecule has 11 aromatic rings. The lowest BCUT2D eigenvalue weighted by molar-refractivity contribution is 0.418. The molecule has 2 heteroatoms. The molecule has 1 atom stereocenters. The third-order valence-corrected chi connectivity index (χ3v) is 17.8. The first-order chi connectivity index (χ1) is 37.1. The van der Waals surface area contributed by atoms with Gasteiger partial charge in [-0.05, 0) is 147 Å². The lowest BCUT2D eigenvalue weighted by Gasteiger charge is -2.36. The maximum Gasteiger partial charge on any atom is 0.132 e. The monoisotopic (exact) mass is 974 g/mol. The molecule has 2 nitrogen and oxygen atoms in total. The Kier molecular flexibility index (Phi) is 9.38. The molecule has 0 fully saturated rings. The molecule has 2 aliphatic carbocycles. The molecule has 76 heavy (non-hydrogen) atoms. The Hall–Kier alpha value is -8.98. The van der Waals surface area contributed by atoms with Crippen LogP contribution in [-0.2, 0) is 16.2 Å². The summed E-state index contributed by atoms with van der Waals surface area (Å²) in [6.45, 7) is 16.3. The fourth-order valence-electron chi connectivity index (χ4n) is 14.7. The van der Waals surface area contributed by atoms with Crippen LogP contribution in [-0.4, -0.2) is 0 Å². The molecule has 0 radical (unpaired) electrons. The van der Waals surface area contributed by atoms with Crippen LogP contribution < -0.4 is 9.47 Å². The smallest absolute Gasteiger partial charge is 0.132 e. The van der Waals surface area contributed by atoms with Crippen LogP contribution in [0.25, 0.3) is 76.8 Å². The zero-order valence-electron chi connectivity index (χ0n) is 43.4. The summed E-state index contributed by atoms with van der Waals surface area (Å²) in [6, 6.07) is 78.5. The van der Waals surface area contributed by atoms with Crippen molar-refractivity contribution in [1.29, 1.82) is 0 Å². The molecular weight excluding hydrogens is 921 g/mol. The van der Waals surface area contributed by atoms with Crippen LogP contribution in [0.4, 0.5) is 0 Å². The highest BCUT2D eigenvalue weighted by Gasteiger charge is 2.52. The summed E-state index contributed by atoms with van der Waals surface area (Å²) in [5, 5.41) is 7.22. The summed E-state index contributed by atoms with van der Waals surface area (Å²) in [5.41, 5.74) is 20.8. The fraction of sp³-hybridized carbons (Fsp3) is 0.108. The molecule has 0 saturated carbocycles. The van der Waals surface area contributed by atoms with E-state index in [9.17, 15) is 0 Å². The van der Waals surface area contributed by atoms with Gasteiger partial charge in [-0.1, -0.05) is 228 Å². The predicted molar refractivity (Wildman–Crippen MR) is 316 cm³/mol. The maximum atomic E-state index is 6.82. The number of hydrogen-bond acceptors (Lipinski definition) is 2. The van der Waals surface area contributed by atoms with E-state index in [0.29, 0.717) is 0 Å². The Labute approximate surface area is 444 Å². The zero-order chi connectivity index (χ0) is 51.2. The Balaban J connectivity index is 1.06. The second-order valence-corrected chi connectivity index (χ2v) is 22.2. The quantitative estimate of drug-likeness (QED) is 0.126. The molecule has 0 N–H and O–H groups in total. The number of ether oxygens (including phenoxy) is 2. The molecule has 11 aromatic carbocycles. The van der Waals surface area contributed by atoms with Crippen LogP contribution in [0.15, 0.2) is 237 Å². The second-order valence-electron chi connectivity index (χ2n) is 22.2. The van der Waals surface area contributed by atoms with Gasteiger partial charge < -0.3 is 9.47 Å². The topological polar surface area (TPSA) is 18.5 Å². The summed E-state index contributed by atoms with van der Waals surface area (Å²) in [7, 11) is 0. The Bertz CT molecular complexity index is 4270. The van der Waals surface area contributed by atoms with Gasteiger partial charge in [0.05, 0.1) is 5.41 Å². The molecule has 2 heterocycles. The van der Waals surface area contributed by atoms with Gasteiger partial charge >= 0.3 is 0 Å². The first-order valence-corrected chi connectivity index (χ1v) is 26.7. The highest BCUT2D eigenvalue weighted by molar-refractivity contribution is 6.24. The Morgan fingerprint density at radius 3 is 1.43 bits per heavy atom. The van der Waals surface area contributed by atoms with Gasteiger partial charge in [0.15, 0.2) is 0 Å². The number of benzene rings is 11. The van der Waals surface area contributed by atoms with Crippen molar-refractivity contribution >= 4 is 43.5 Å². The Morgan fingerprint density at radius 1 is 0.395 bits per heavy atom. The fourth-order valence-corrected chi connectivity index (χ4v) is 14.7. The number of para-hydroxylation sites is 2. The first-order valence-electron chi connectivity index (χ1n) is 26.7. The summed E-state index contributed by atoms with van der Waals surface area (Å²) in [5.74, 6) is 3.60. The average Bonchev–Trinajstić information content (AvgIpc) is 4.06. The van der Waals surface area contributed by atoms with Gasteiger partial charge in [-0.2, -0.15) is 0 Å². The van der Waals surface area contributed by atoms with Gasteiger partial charge in [0.25, 0.3) is 0 Å². The molecule has 1 spiro atoms. The van der Waals surface area contributed by atoms with Gasteiger partial charge in [0, 0.05) is 33.1 Å². The van der Waals surface area contributed by atoms with Crippen molar-refractivity contribution in [1.82, 2.24) is 0 Å². The van der Waals surface area contributed by atoms with Gasteiger partial charge in [-0.3, -0.25) is 0 Å². The molecule has 0 saturated heterocycles. The molecule has 0 amide bonds. The molecule has 15 rings (SSSR count). The predicted octanol–water partition coefficient (Wildman–Crippen LogP) is 19.7. The van der Waals surface area contributed by atoms with Gasteiger partial charge in [-0.15, -0.1) is 0 Å². The first kappa shape index (κ1) is 44.5. The van der Waals surface area contributed by atoms with Crippen molar-refractivity contribution in [2.45, 2.75) is 50.9 Å². The minimum atomic E-state index is -0.533. The van der Waals surface area contributed by atoms with Crippen molar-refractivity contribution in [3.05, 3.63) is 287 Å². The second kappa shape index (κ2) is 16.0. The van der Waals surface area contributed by atoms with E-state index in [1.54, 1.807) is 0 Å². The molecule has 0 bridgehead atoms. The van der Waals surface area contributed by atoms with Crippen LogP contribution >= 0.6 is 0 Å². The van der Waals surface area contributed by atoms with E-state index >= 15 is 0 Å². The number of fused-ring (bicyclic) bond motifs is 15. The highest BCUT2D eigenvalue weighted by atomic mass is 16.5. The Morgan fingerprint density at radius 2 is 0.842 bits per heavy atom. The van der Waals surface area contributed by atoms with E-state index in [1.165, 1.54) is 105 Å². The summed E-state index contributed by atoms with van der Waals surface area (Å²) in [6.07, 6.45) is 4.29. The zero-order valence-corrected chi connectivity index (χ0v) is 43.4. The summed E-state index contributed by atoms with van der Waals surface area (Å²) in [4.78, 5) is 0. The number of allylic oxidation sites excluding steroid dienone is 5. The van der Waals surface area contributed by atoms with Crippen molar-refractivity contribution in [2.24, 2.45) is 0 Å². The van der Waals surface area contributed by atoms with E-state index in [1.807, 2.05) is 6.08 Å². The van der Waals surface area contributed by atoms with Crippen molar-refractivity contribution < 1.29 is 9.47 Å². The molecule has 2 aliphatic heterocycles. The lowest BCUT2D eigenvalue weighted by Crippen LogP contribution is -2.26. The minimum absolute atomic E-state index is 0.352. The third kappa shape index (κ3) is 5.82. The van der Waals surface area contributed by atoms with Crippen LogP contribution in [0.5, 0.6) is 23.0 Å². The summed E-state index contributed by atoms with van der Waals surface area (Å²) < 4.78 is 13.6. The largest absolute Gasteiger partial charge is 0.457 e. The summed E-state index contributed by atoms with van der Waals surface area (Å²) >= 11 is 0.